The highest BCUT2D eigenvalue weighted by molar-refractivity contribution is 5.94. The third-order valence-electron chi connectivity index (χ3n) is 3.57. The number of hydrogen-bond donors (Lipinski definition) is 1. The lowest BCUT2D eigenvalue weighted by Gasteiger charge is -2.25. The molecule has 0 aromatic carbocycles. The first-order valence-electron chi connectivity index (χ1n) is 7.09. The summed E-state index contributed by atoms with van der Waals surface area (Å²) >= 11 is 0. The lowest BCUT2D eigenvalue weighted by molar-refractivity contribution is 0.0734. The topological polar surface area (TPSA) is 45.2 Å². The Bertz CT molecular complexity index is 385. The molecule has 0 radical (unpaired) electrons. The molecule has 4 heteroatoms. The van der Waals surface area contributed by atoms with Gasteiger partial charge in [0.25, 0.3) is 5.91 Å². The van der Waals surface area contributed by atoms with Gasteiger partial charge in [-0.1, -0.05) is 26.7 Å². The number of anilines is 1. The summed E-state index contributed by atoms with van der Waals surface area (Å²) in [5.74, 6) is 1.43. The first-order valence-corrected chi connectivity index (χ1v) is 7.09. The van der Waals surface area contributed by atoms with E-state index in [9.17, 15) is 4.79 Å². The van der Waals surface area contributed by atoms with Gasteiger partial charge in [-0.05, 0) is 25.0 Å². The third-order valence-corrected chi connectivity index (χ3v) is 3.57. The molecular weight excluding hydrogens is 238 g/mol. The Morgan fingerprint density at radius 3 is 2.42 bits per heavy atom. The number of pyridine rings is 1. The molecule has 0 aliphatic heterocycles. The molecule has 0 aliphatic carbocycles. The maximum absolute atomic E-state index is 12.4. The normalized spacial score (nSPS) is 10.6. The van der Waals surface area contributed by atoms with E-state index in [1.807, 2.05) is 31.0 Å². The second-order valence-corrected chi connectivity index (χ2v) is 4.71. The summed E-state index contributed by atoms with van der Waals surface area (Å²) in [7, 11) is 1.81. The van der Waals surface area contributed by atoms with E-state index in [0.29, 0.717) is 11.5 Å². The van der Waals surface area contributed by atoms with E-state index in [4.69, 9.17) is 0 Å². The van der Waals surface area contributed by atoms with Crippen LogP contribution in [0.5, 0.6) is 0 Å². The monoisotopic (exact) mass is 263 g/mol. The Morgan fingerprint density at radius 1 is 1.32 bits per heavy atom. The van der Waals surface area contributed by atoms with E-state index in [-0.39, 0.29) is 5.91 Å². The van der Waals surface area contributed by atoms with Crippen LogP contribution in [-0.2, 0) is 0 Å². The van der Waals surface area contributed by atoms with Crippen LogP contribution in [0.15, 0.2) is 18.3 Å². The smallest absolute Gasteiger partial charge is 0.255 e. The molecule has 4 nitrogen and oxygen atoms in total. The van der Waals surface area contributed by atoms with E-state index >= 15 is 0 Å². The Kier molecular flexibility index (Phi) is 6.33. The van der Waals surface area contributed by atoms with Gasteiger partial charge in [0.15, 0.2) is 0 Å². The summed E-state index contributed by atoms with van der Waals surface area (Å²) in [4.78, 5) is 18.5. The van der Waals surface area contributed by atoms with Gasteiger partial charge >= 0.3 is 0 Å². The number of amides is 1. The summed E-state index contributed by atoms with van der Waals surface area (Å²) in [5, 5.41) is 2.95. The van der Waals surface area contributed by atoms with Crippen LogP contribution in [0.3, 0.4) is 0 Å². The molecule has 0 atom stereocenters. The average molecular weight is 263 g/mol. The number of nitrogens with zero attached hydrogens (tertiary/aromatic N) is 2. The molecule has 1 aromatic rings. The van der Waals surface area contributed by atoms with Crippen LogP contribution in [0, 0.1) is 5.92 Å². The van der Waals surface area contributed by atoms with E-state index in [1.54, 1.807) is 6.20 Å². The van der Waals surface area contributed by atoms with E-state index in [0.717, 1.165) is 31.7 Å². The molecule has 0 spiro atoms. The lowest BCUT2D eigenvalue weighted by Crippen LogP contribution is -2.35. The first kappa shape index (κ1) is 15.5. The quantitative estimate of drug-likeness (QED) is 0.822. The van der Waals surface area contributed by atoms with E-state index < -0.39 is 0 Å². The Labute approximate surface area is 116 Å². The largest absolute Gasteiger partial charge is 0.373 e. The van der Waals surface area contributed by atoms with Crippen molar-refractivity contribution in [1.29, 1.82) is 0 Å². The van der Waals surface area contributed by atoms with Crippen LogP contribution in [0.1, 0.15) is 44.0 Å². The van der Waals surface area contributed by atoms with E-state index in [2.05, 4.69) is 24.1 Å². The van der Waals surface area contributed by atoms with Gasteiger partial charge in [-0.25, -0.2) is 4.98 Å². The molecule has 106 valence electrons. The molecule has 0 saturated heterocycles. The second-order valence-electron chi connectivity index (χ2n) is 4.71. The zero-order valence-corrected chi connectivity index (χ0v) is 12.4. The minimum absolute atomic E-state index is 0.0737. The number of carbonyl (C=O) groups excluding carboxylic acids is 1. The van der Waals surface area contributed by atoms with Gasteiger partial charge in [0.1, 0.15) is 5.82 Å². The molecule has 19 heavy (non-hydrogen) atoms. The lowest BCUT2D eigenvalue weighted by atomic mass is 10.0. The Balaban J connectivity index is 2.76. The van der Waals surface area contributed by atoms with Gasteiger partial charge < -0.3 is 10.2 Å². The van der Waals surface area contributed by atoms with Gasteiger partial charge in [0, 0.05) is 26.3 Å². The molecule has 0 unspecified atom stereocenters. The predicted octanol–water partition coefficient (Wildman–Crippen LogP) is 3.02. The zero-order valence-electron chi connectivity index (χ0n) is 12.4. The molecule has 1 N–H and O–H groups in total. The summed E-state index contributed by atoms with van der Waals surface area (Å²) in [6.45, 7) is 7.94. The molecule has 0 bridgehead atoms. The molecule has 0 fully saturated rings. The summed E-state index contributed by atoms with van der Waals surface area (Å²) < 4.78 is 0. The molecule has 0 aliphatic rings. The van der Waals surface area contributed by atoms with Crippen LogP contribution in [0.2, 0.25) is 0 Å². The average Bonchev–Trinajstić information content (AvgIpc) is 2.48. The van der Waals surface area contributed by atoms with Crippen molar-refractivity contribution in [2.45, 2.75) is 33.6 Å². The van der Waals surface area contributed by atoms with Gasteiger partial charge in [-0.2, -0.15) is 0 Å². The number of hydrogen-bond acceptors (Lipinski definition) is 3. The maximum atomic E-state index is 12.4. The fraction of sp³-hybridized carbons (Fsp3) is 0.600. The minimum atomic E-state index is 0.0737. The Morgan fingerprint density at radius 2 is 2.00 bits per heavy atom. The zero-order chi connectivity index (χ0) is 14.3. The van der Waals surface area contributed by atoms with E-state index in [1.165, 1.54) is 0 Å². The van der Waals surface area contributed by atoms with Crippen LogP contribution in [-0.4, -0.2) is 35.9 Å². The van der Waals surface area contributed by atoms with Crippen molar-refractivity contribution >= 4 is 11.7 Å². The van der Waals surface area contributed by atoms with Gasteiger partial charge in [-0.3, -0.25) is 4.79 Å². The predicted molar refractivity (Wildman–Crippen MR) is 79.4 cm³/mol. The van der Waals surface area contributed by atoms with Crippen molar-refractivity contribution in [3.05, 3.63) is 23.9 Å². The van der Waals surface area contributed by atoms with Gasteiger partial charge in [-0.15, -0.1) is 0 Å². The summed E-state index contributed by atoms with van der Waals surface area (Å²) in [6.07, 6.45) is 3.86. The van der Waals surface area contributed by atoms with Crippen LogP contribution < -0.4 is 5.32 Å². The molecule has 1 amide bonds. The molecule has 1 heterocycles. The highest BCUT2D eigenvalue weighted by Crippen LogP contribution is 2.13. The SMILES string of the molecule is CCC(CC)CN(CC)C(=O)c1ccc(NC)nc1. The van der Waals surface area contributed by atoms with Crippen molar-refractivity contribution in [3.63, 3.8) is 0 Å². The van der Waals surface area contributed by atoms with Gasteiger partial charge in [0.05, 0.1) is 5.56 Å². The van der Waals surface area contributed by atoms with Crippen molar-refractivity contribution < 1.29 is 4.79 Å². The van der Waals surface area contributed by atoms with Crippen molar-refractivity contribution in [2.24, 2.45) is 5.92 Å². The van der Waals surface area contributed by atoms with Crippen LogP contribution in [0.25, 0.3) is 0 Å². The minimum Gasteiger partial charge on any atom is -0.373 e. The Hall–Kier alpha value is -1.58. The highest BCUT2D eigenvalue weighted by atomic mass is 16.2. The van der Waals surface area contributed by atoms with Crippen molar-refractivity contribution in [2.75, 3.05) is 25.5 Å². The number of nitrogens with one attached hydrogen (secondary N) is 1. The fourth-order valence-electron chi connectivity index (χ4n) is 2.06. The van der Waals surface area contributed by atoms with Crippen LogP contribution >= 0.6 is 0 Å². The van der Waals surface area contributed by atoms with Crippen molar-refractivity contribution in [3.8, 4) is 0 Å². The number of carbonyl (C=O) groups is 1. The number of aromatic nitrogens is 1. The first-order chi connectivity index (χ1) is 9.15. The molecule has 1 rings (SSSR count). The maximum Gasteiger partial charge on any atom is 0.255 e. The summed E-state index contributed by atoms with van der Waals surface area (Å²) in [6, 6.07) is 3.66. The van der Waals surface area contributed by atoms with Crippen molar-refractivity contribution in [1.82, 2.24) is 9.88 Å². The van der Waals surface area contributed by atoms with Gasteiger partial charge in [0.2, 0.25) is 0 Å². The number of rotatable bonds is 7. The second kappa shape index (κ2) is 7.77. The molecule has 1 aromatic heterocycles. The molecular formula is C15H25N3O. The summed E-state index contributed by atoms with van der Waals surface area (Å²) in [5.41, 5.74) is 0.659. The standard InChI is InChI=1S/C15H25N3O/c1-5-12(6-2)11-18(7-3)15(19)13-8-9-14(16-4)17-10-13/h8-10,12H,5-7,11H2,1-4H3,(H,16,17). The fourth-order valence-corrected chi connectivity index (χ4v) is 2.06. The third kappa shape index (κ3) is 4.23. The van der Waals surface area contributed by atoms with Crippen LogP contribution in [0.4, 0.5) is 5.82 Å². The highest BCUT2D eigenvalue weighted by Gasteiger charge is 2.17. The molecule has 0 saturated carbocycles.